The van der Waals surface area contributed by atoms with E-state index in [1.165, 1.54) is 6.07 Å². The van der Waals surface area contributed by atoms with Gasteiger partial charge in [0.2, 0.25) is 0 Å². The van der Waals surface area contributed by atoms with Crippen LogP contribution < -0.4 is 0 Å². The van der Waals surface area contributed by atoms with Crippen molar-refractivity contribution in [3.05, 3.63) is 33.9 Å². The van der Waals surface area contributed by atoms with Crippen molar-refractivity contribution in [2.45, 2.75) is 31.8 Å². The van der Waals surface area contributed by atoms with Crippen LogP contribution in [-0.2, 0) is 6.61 Å². The van der Waals surface area contributed by atoms with Crippen molar-refractivity contribution in [3.63, 3.8) is 0 Å². The van der Waals surface area contributed by atoms with Gasteiger partial charge in [-0.3, -0.25) is 10.1 Å². The summed E-state index contributed by atoms with van der Waals surface area (Å²) in [6.45, 7) is 4.03. The number of benzene rings is 1. The van der Waals surface area contributed by atoms with Crippen molar-refractivity contribution in [3.8, 4) is 0 Å². The maximum Gasteiger partial charge on any atom is 0.274 e. The highest BCUT2D eigenvalue weighted by atomic mass is 32.2. The minimum Gasteiger partial charge on any atom is -0.391 e. The fraction of sp³-hybridized carbons (Fsp3) is 0.500. The molecule has 0 unspecified atom stereocenters. The predicted octanol–water partition coefficient (Wildman–Crippen LogP) is 3.23. The molecule has 1 aromatic carbocycles. The molecule has 0 aliphatic heterocycles. The molecule has 0 saturated heterocycles. The summed E-state index contributed by atoms with van der Waals surface area (Å²) in [5.74, 6) is 1.64. The van der Waals surface area contributed by atoms with Gasteiger partial charge in [0.1, 0.15) is 0 Å². The zero-order valence-corrected chi connectivity index (χ0v) is 10.9. The van der Waals surface area contributed by atoms with Gasteiger partial charge in [-0.1, -0.05) is 13.8 Å². The summed E-state index contributed by atoms with van der Waals surface area (Å²) >= 11 is 1.66. The van der Waals surface area contributed by atoms with E-state index < -0.39 is 4.92 Å². The van der Waals surface area contributed by atoms with E-state index in [4.69, 9.17) is 5.11 Å². The lowest BCUT2D eigenvalue weighted by molar-refractivity contribution is -0.385. The molecule has 0 aliphatic carbocycles. The summed E-state index contributed by atoms with van der Waals surface area (Å²) < 4.78 is 0. The number of hydrogen-bond donors (Lipinski definition) is 1. The van der Waals surface area contributed by atoms with Crippen molar-refractivity contribution in [2.24, 2.45) is 5.92 Å². The van der Waals surface area contributed by atoms with E-state index in [1.807, 2.05) is 0 Å². The first kappa shape index (κ1) is 14.0. The monoisotopic (exact) mass is 255 g/mol. The summed E-state index contributed by atoms with van der Waals surface area (Å²) in [5.41, 5.74) is 0.366. The number of rotatable bonds is 6. The summed E-state index contributed by atoms with van der Waals surface area (Å²) in [6, 6.07) is 4.90. The third-order valence-corrected chi connectivity index (χ3v) is 3.41. The maximum absolute atomic E-state index is 10.7. The Balaban J connectivity index is 2.72. The lowest BCUT2D eigenvalue weighted by Crippen LogP contribution is -1.96. The minimum absolute atomic E-state index is 0.0132. The Labute approximate surface area is 105 Å². The Kier molecular flexibility index (Phi) is 5.44. The number of aliphatic hydroxyl groups is 1. The average molecular weight is 255 g/mol. The third-order valence-electron chi connectivity index (χ3n) is 2.38. The van der Waals surface area contributed by atoms with Crippen LogP contribution in [-0.4, -0.2) is 15.8 Å². The van der Waals surface area contributed by atoms with E-state index in [2.05, 4.69) is 13.8 Å². The second-order valence-electron chi connectivity index (χ2n) is 4.24. The molecule has 0 saturated carbocycles. The highest BCUT2D eigenvalue weighted by Crippen LogP contribution is 2.27. The van der Waals surface area contributed by atoms with Gasteiger partial charge in [-0.2, -0.15) is 0 Å². The zero-order valence-electron chi connectivity index (χ0n) is 10.0. The van der Waals surface area contributed by atoms with Crippen LogP contribution in [0.4, 0.5) is 5.69 Å². The summed E-state index contributed by atoms with van der Waals surface area (Å²) in [5, 5.41) is 19.8. The fourth-order valence-electron chi connectivity index (χ4n) is 1.37. The standard InChI is InChI=1S/C12H17NO3S/c1-9(2)5-6-17-11-3-4-12(13(15)16)10(7-11)8-14/h3-4,7,9,14H,5-6,8H2,1-2H3. The Hall–Kier alpha value is -1.07. The molecule has 0 spiro atoms. The van der Waals surface area contributed by atoms with Gasteiger partial charge in [-0.25, -0.2) is 0 Å². The smallest absolute Gasteiger partial charge is 0.274 e. The lowest BCUT2D eigenvalue weighted by Gasteiger charge is -2.06. The number of hydrogen-bond acceptors (Lipinski definition) is 4. The summed E-state index contributed by atoms with van der Waals surface area (Å²) in [4.78, 5) is 11.2. The first-order valence-electron chi connectivity index (χ1n) is 5.55. The Morgan fingerprint density at radius 1 is 1.47 bits per heavy atom. The molecule has 94 valence electrons. The van der Waals surface area contributed by atoms with Gasteiger partial charge in [0.25, 0.3) is 5.69 Å². The van der Waals surface area contributed by atoms with Crippen LogP contribution >= 0.6 is 11.8 Å². The van der Waals surface area contributed by atoms with E-state index in [9.17, 15) is 10.1 Å². The number of nitrogens with zero attached hydrogens (tertiary/aromatic N) is 1. The fourth-order valence-corrected chi connectivity index (χ4v) is 2.58. The van der Waals surface area contributed by atoms with Crippen molar-refractivity contribution in [2.75, 3.05) is 5.75 Å². The quantitative estimate of drug-likeness (QED) is 0.481. The number of nitro benzene ring substituents is 1. The number of thioether (sulfide) groups is 1. The molecule has 17 heavy (non-hydrogen) atoms. The zero-order chi connectivity index (χ0) is 12.8. The second kappa shape index (κ2) is 6.61. The molecule has 5 heteroatoms. The molecule has 4 nitrogen and oxygen atoms in total. The Morgan fingerprint density at radius 2 is 2.18 bits per heavy atom. The molecule has 0 fully saturated rings. The predicted molar refractivity (Wildman–Crippen MR) is 69.2 cm³/mol. The van der Waals surface area contributed by atoms with Gasteiger partial charge in [0.15, 0.2) is 0 Å². The van der Waals surface area contributed by atoms with Crippen LogP contribution in [0, 0.1) is 16.0 Å². The van der Waals surface area contributed by atoms with Crippen molar-refractivity contribution < 1.29 is 10.0 Å². The Bertz CT molecular complexity index is 393. The molecule has 0 atom stereocenters. The average Bonchev–Trinajstić information content (AvgIpc) is 2.28. The summed E-state index contributed by atoms with van der Waals surface area (Å²) in [6.07, 6.45) is 1.11. The molecule has 0 amide bonds. The molecule has 0 aromatic heterocycles. The molecule has 1 aromatic rings. The third kappa shape index (κ3) is 4.36. The lowest BCUT2D eigenvalue weighted by atomic mass is 10.2. The largest absolute Gasteiger partial charge is 0.391 e. The van der Waals surface area contributed by atoms with E-state index in [-0.39, 0.29) is 12.3 Å². The number of nitro groups is 1. The second-order valence-corrected chi connectivity index (χ2v) is 5.41. The minimum atomic E-state index is -0.464. The van der Waals surface area contributed by atoms with Crippen LogP contribution in [0.1, 0.15) is 25.8 Å². The molecule has 0 bridgehead atoms. The molecule has 0 aliphatic rings. The molecule has 1 rings (SSSR count). The first-order valence-corrected chi connectivity index (χ1v) is 6.54. The highest BCUT2D eigenvalue weighted by Gasteiger charge is 2.13. The van der Waals surface area contributed by atoms with Crippen LogP contribution in [0.15, 0.2) is 23.1 Å². The maximum atomic E-state index is 10.7. The molecule has 0 radical (unpaired) electrons. The van der Waals surface area contributed by atoms with E-state index in [0.717, 1.165) is 17.1 Å². The van der Waals surface area contributed by atoms with Crippen molar-refractivity contribution in [1.82, 2.24) is 0 Å². The van der Waals surface area contributed by atoms with Gasteiger partial charge in [0.05, 0.1) is 17.1 Å². The topological polar surface area (TPSA) is 63.4 Å². The van der Waals surface area contributed by atoms with Gasteiger partial charge in [0, 0.05) is 11.0 Å². The van der Waals surface area contributed by atoms with Gasteiger partial charge in [-0.05, 0) is 30.2 Å². The van der Waals surface area contributed by atoms with Gasteiger partial charge in [-0.15, -0.1) is 11.8 Å². The Morgan fingerprint density at radius 3 is 2.71 bits per heavy atom. The first-order chi connectivity index (χ1) is 8.04. The number of aliphatic hydroxyl groups excluding tert-OH is 1. The summed E-state index contributed by atoms with van der Waals surface area (Å²) in [7, 11) is 0. The van der Waals surface area contributed by atoms with E-state index >= 15 is 0 Å². The van der Waals surface area contributed by atoms with Crippen LogP contribution in [0.5, 0.6) is 0 Å². The normalized spacial score (nSPS) is 10.8. The SMILES string of the molecule is CC(C)CCSc1ccc([N+](=O)[O-])c(CO)c1. The molecular weight excluding hydrogens is 238 g/mol. The van der Waals surface area contributed by atoms with E-state index in [0.29, 0.717) is 11.5 Å². The van der Waals surface area contributed by atoms with Crippen LogP contribution in [0.25, 0.3) is 0 Å². The van der Waals surface area contributed by atoms with E-state index in [1.54, 1.807) is 23.9 Å². The van der Waals surface area contributed by atoms with Gasteiger partial charge >= 0.3 is 0 Å². The van der Waals surface area contributed by atoms with Crippen molar-refractivity contribution >= 4 is 17.4 Å². The molecule has 1 N–H and O–H groups in total. The van der Waals surface area contributed by atoms with Crippen LogP contribution in [0.2, 0.25) is 0 Å². The highest BCUT2D eigenvalue weighted by molar-refractivity contribution is 7.99. The van der Waals surface area contributed by atoms with Crippen LogP contribution in [0.3, 0.4) is 0 Å². The molecular formula is C12H17NO3S. The van der Waals surface area contributed by atoms with Crippen molar-refractivity contribution in [1.29, 1.82) is 0 Å². The molecule has 0 heterocycles. The van der Waals surface area contributed by atoms with Gasteiger partial charge < -0.3 is 5.11 Å².